The number of unbranched alkanes of at least 4 members (excludes halogenated alkanes) is 34. The molecule has 0 aromatic heterocycles. The summed E-state index contributed by atoms with van der Waals surface area (Å²) in [5, 5.41) is 0. The molecule has 0 aromatic rings. The minimum atomic E-state index is 0. The maximum absolute atomic E-state index is 5.40. The monoisotopic (exact) mass is 716 g/mol. The third-order valence-corrected chi connectivity index (χ3v) is 10.3. The van der Waals surface area contributed by atoms with Gasteiger partial charge in [-0.05, 0) is 12.8 Å². The summed E-state index contributed by atoms with van der Waals surface area (Å²) in [5.74, 6) is 0. The Balaban J connectivity index is 0. The Morgan fingerprint density at radius 1 is 0.333 bits per heavy atom. The molecule has 0 saturated heterocycles. The van der Waals surface area contributed by atoms with Crippen LogP contribution in [0.3, 0.4) is 0 Å². The van der Waals surface area contributed by atoms with Gasteiger partial charge in [0.2, 0.25) is 0 Å². The molecule has 0 aliphatic heterocycles. The molecule has 45 heavy (non-hydrogen) atoms. The van der Waals surface area contributed by atoms with Crippen molar-refractivity contribution in [2.75, 3.05) is 13.1 Å². The maximum Gasteiger partial charge on any atom is 1.00 e. The zero-order chi connectivity index (χ0) is 32.0. The normalized spacial score (nSPS) is 11.2. The zero-order valence-corrected chi connectivity index (χ0v) is 33.5. The van der Waals surface area contributed by atoms with E-state index >= 15 is 0 Å². The molecule has 0 unspecified atom stereocenters. The molecule has 0 heterocycles. The molecular formula is C41H82CuNS2. The van der Waals surface area contributed by atoms with Crippen molar-refractivity contribution in [2.24, 2.45) is 0 Å². The van der Waals surface area contributed by atoms with Gasteiger partial charge in [-0.3, -0.25) is 0 Å². The first-order valence-electron chi connectivity index (χ1n) is 20.7. The molecule has 0 aliphatic rings. The molecule has 1 nitrogen and oxygen atoms in total. The quantitative estimate of drug-likeness (QED) is 0.0271. The molecule has 0 aromatic carbocycles. The fourth-order valence-corrected chi connectivity index (χ4v) is 7.07. The van der Waals surface area contributed by atoms with Crippen molar-refractivity contribution in [3.63, 3.8) is 0 Å². The molecule has 0 amide bonds. The van der Waals surface area contributed by atoms with Crippen LogP contribution in [0.2, 0.25) is 0 Å². The molecule has 0 fully saturated rings. The van der Waals surface area contributed by atoms with Crippen molar-refractivity contribution in [3.05, 3.63) is 0 Å². The van der Waals surface area contributed by atoms with E-state index in [9.17, 15) is 0 Å². The maximum atomic E-state index is 5.40. The van der Waals surface area contributed by atoms with E-state index in [4.69, 9.17) is 24.8 Å². The predicted octanol–water partition coefficient (Wildman–Crippen LogP) is 15.2. The molecular weight excluding hydrogens is 634 g/mol. The predicted molar refractivity (Wildman–Crippen MR) is 209 cm³/mol. The van der Waals surface area contributed by atoms with Gasteiger partial charge < -0.3 is 29.7 Å². The standard InChI is InChI=1S/C41H83NS2.Cu/c1-3-5-7-9-11-13-15-17-19-21-23-25-27-29-31-33-35-37-39-42(41(43)44)40-38-36-34-32-30-28-26-24-22-20-18-16-14-12-10-8-6-4-2;/h3-40H2,1-2H3,(H,43,44);/q;+1/p-1. The largest absolute Gasteiger partial charge is 1.00 e. The first-order chi connectivity index (χ1) is 21.7. The van der Waals surface area contributed by atoms with Crippen molar-refractivity contribution in [1.82, 2.24) is 4.90 Å². The number of hydrogen-bond acceptors (Lipinski definition) is 2. The van der Waals surface area contributed by atoms with Crippen LogP contribution in [-0.4, -0.2) is 22.3 Å². The summed E-state index contributed by atoms with van der Waals surface area (Å²) in [6.07, 6.45) is 51.4. The number of thiocarbonyl (C=S) groups is 1. The third kappa shape index (κ3) is 40.7. The van der Waals surface area contributed by atoms with Gasteiger partial charge in [0.05, 0.1) is 0 Å². The molecule has 0 atom stereocenters. The van der Waals surface area contributed by atoms with E-state index in [1.807, 2.05) is 0 Å². The Labute approximate surface area is 307 Å². The first kappa shape index (κ1) is 47.7. The summed E-state index contributed by atoms with van der Waals surface area (Å²) in [5.41, 5.74) is 0. The van der Waals surface area contributed by atoms with Crippen LogP contribution in [-0.2, 0) is 29.7 Å². The Bertz CT molecular complexity index is 504. The van der Waals surface area contributed by atoms with Gasteiger partial charge in [0.25, 0.3) is 0 Å². The molecule has 0 saturated carbocycles. The van der Waals surface area contributed by atoms with E-state index in [0.717, 1.165) is 13.1 Å². The van der Waals surface area contributed by atoms with E-state index in [1.165, 1.54) is 231 Å². The number of hydrogen-bond donors (Lipinski definition) is 0. The molecule has 0 bridgehead atoms. The van der Waals surface area contributed by atoms with Gasteiger partial charge in [-0.1, -0.05) is 236 Å². The second-order valence-electron chi connectivity index (χ2n) is 14.3. The van der Waals surface area contributed by atoms with E-state index in [-0.39, 0.29) is 17.1 Å². The molecule has 274 valence electrons. The molecule has 0 N–H and O–H groups in total. The minimum Gasteiger partial charge on any atom is -0.411 e. The van der Waals surface area contributed by atoms with Crippen LogP contribution < -0.4 is 0 Å². The van der Waals surface area contributed by atoms with Crippen molar-refractivity contribution >= 4 is 29.2 Å². The van der Waals surface area contributed by atoms with Gasteiger partial charge in [-0.2, -0.15) is 0 Å². The van der Waals surface area contributed by atoms with Crippen molar-refractivity contribution in [2.45, 2.75) is 245 Å². The fraction of sp³-hybridized carbons (Fsp3) is 0.976. The molecule has 4 heteroatoms. The summed E-state index contributed by atoms with van der Waals surface area (Å²) in [4.78, 5) is 2.31. The van der Waals surface area contributed by atoms with Crippen LogP contribution in [0.15, 0.2) is 0 Å². The number of rotatable bonds is 38. The SMILES string of the molecule is CCCCCCCCCCCCCCCCCCCCN(CCCCCCCCCCCCCCCCCCCC)C(=S)[S-].[Cu+]. The summed E-state index contributed by atoms with van der Waals surface area (Å²) in [7, 11) is 0. The number of nitrogens with zero attached hydrogens (tertiary/aromatic N) is 1. The first-order valence-corrected chi connectivity index (χ1v) is 21.5. The third-order valence-electron chi connectivity index (χ3n) is 9.82. The van der Waals surface area contributed by atoms with Crippen LogP contribution in [0, 0.1) is 0 Å². The molecule has 0 radical (unpaired) electrons. The Kier molecular flexibility index (Phi) is 45.3. The molecule has 0 spiro atoms. The second kappa shape index (κ2) is 42.7. The average molecular weight is 717 g/mol. The van der Waals surface area contributed by atoms with E-state index < -0.39 is 0 Å². The smallest absolute Gasteiger partial charge is 0.411 e. The van der Waals surface area contributed by atoms with Crippen LogP contribution >= 0.6 is 12.2 Å². The summed E-state index contributed by atoms with van der Waals surface area (Å²) in [6, 6.07) is 0. The summed E-state index contributed by atoms with van der Waals surface area (Å²) >= 11 is 10.8. The van der Waals surface area contributed by atoms with Gasteiger partial charge in [-0.15, -0.1) is 0 Å². The minimum absolute atomic E-state index is 0. The van der Waals surface area contributed by atoms with Crippen LogP contribution in [0.4, 0.5) is 0 Å². The van der Waals surface area contributed by atoms with Gasteiger partial charge >= 0.3 is 17.1 Å². The van der Waals surface area contributed by atoms with Crippen molar-refractivity contribution in [3.8, 4) is 0 Å². The van der Waals surface area contributed by atoms with E-state index in [1.54, 1.807) is 0 Å². The van der Waals surface area contributed by atoms with Crippen LogP contribution in [0.1, 0.15) is 245 Å². The second-order valence-corrected chi connectivity index (χ2v) is 15.3. The van der Waals surface area contributed by atoms with E-state index in [0.29, 0.717) is 4.32 Å². The summed E-state index contributed by atoms with van der Waals surface area (Å²) < 4.78 is 0.698. The van der Waals surface area contributed by atoms with Crippen LogP contribution in [0.25, 0.3) is 0 Å². The average Bonchev–Trinajstić information content (AvgIpc) is 3.02. The molecule has 0 aliphatic carbocycles. The van der Waals surface area contributed by atoms with Gasteiger partial charge in [0.15, 0.2) is 0 Å². The fourth-order valence-electron chi connectivity index (χ4n) is 6.70. The van der Waals surface area contributed by atoms with Crippen molar-refractivity contribution < 1.29 is 17.1 Å². The topological polar surface area (TPSA) is 3.24 Å². The Morgan fingerprint density at radius 2 is 0.489 bits per heavy atom. The van der Waals surface area contributed by atoms with Crippen LogP contribution in [0.5, 0.6) is 0 Å². The van der Waals surface area contributed by atoms with Crippen molar-refractivity contribution in [1.29, 1.82) is 0 Å². The van der Waals surface area contributed by atoms with Gasteiger partial charge in [-0.25, -0.2) is 0 Å². The summed E-state index contributed by atoms with van der Waals surface area (Å²) in [6.45, 7) is 6.77. The Morgan fingerprint density at radius 3 is 0.644 bits per heavy atom. The molecule has 0 rings (SSSR count). The Hall–Kier alpha value is 0.629. The van der Waals surface area contributed by atoms with Gasteiger partial charge in [0, 0.05) is 13.1 Å². The van der Waals surface area contributed by atoms with Gasteiger partial charge in [0.1, 0.15) is 0 Å². The zero-order valence-electron chi connectivity index (χ0n) is 30.9. The van der Waals surface area contributed by atoms with E-state index in [2.05, 4.69) is 18.7 Å².